The van der Waals surface area contributed by atoms with Gasteiger partial charge in [-0.05, 0) is 24.1 Å². The first-order valence-electron chi connectivity index (χ1n) is 7.65. The van der Waals surface area contributed by atoms with E-state index in [1.54, 1.807) is 0 Å². The molecule has 0 aromatic heterocycles. The molecule has 0 radical (unpaired) electrons. The maximum Gasteiger partial charge on any atom is 0.269 e. The first-order chi connectivity index (χ1) is 11.8. The summed E-state index contributed by atoms with van der Waals surface area (Å²) in [7, 11) is -2.04. The SMILES string of the molecule is Cc1ccccc1OCCN(C)S(=O)(=O)Cc1ccc([N+](=O)[O-])cc1. The van der Waals surface area contributed by atoms with Crippen LogP contribution in [0.25, 0.3) is 0 Å². The number of para-hydroxylation sites is 1. The molecule has 0 aliphatic rings. The van der Waals surface area contributed by atoms with Gasteiger partial charge in [0.1, 0.15) is 12.4 Å². The van der Waals surface area contributed by atoms with Crippen molar-refractivity contribution in [1.82, 2.24) is 4.31 Å². The van der Waals surface area contributed by atoms with E-state index in [0.29, 0.717) is 5.56 Å². The van der Waals surface area contributed by atoms with Crippen LogP contribution in [0, 0.1) is 17.0 Å². The molecule has 0 aliphatic carbocycles. The maximum absolute atomic E-state index is 12.4. The minimum atomic E-state index is -3.53. The third-order valence-electron chi connectivity index (χ3n) is 3.73. The molecule has 8 heteroatoms. The van der Waals surface area contributed by atoms with Crippen LogP contribution in [0.3, 0.4) is 0 Å². The fourth-order valence-electron chi connectivity index (χ4n) is 2.18. The molecule has 0 spiro atoms. The number of nitro benzene ring substituents is 1. The van der Waals surface area contributed by atoms with Crippen LogP contribution in [-0.2, 0) is 15.8 Å². The standard InChI is InChI=1S/C17H20N2O5S/c1-14-5-3-4-6-17(14)24-12-11-18(2)25(22,23)13-15-7-9-16(10-8-15)19(20)21/h3-10H,11-13H2,1-2H3. The summed E-state index contributed by atoms with van der Waals surface area (Å²) in [4.78, 5) is 10.1. The minimum Gasteiger partial charge on any atom is -0.492 e. The number of hydrogen-bond acceptors (Lipinski definition) is 5. The van der Waals surface area contributed by atoms with Crippen molar-refractivity contribution < 1.29 is 18.1 Å². The average molecular weight is 364 g/mol. The molecular formula is C17H20N2O5S. The van der Waals surface area contributed by atoms with Gasteiger partial charge < -0.3 is 4.74 Å². The average Bonchev–Trinajstić information content (AvgIpc) is 2.56. The molecule has 0 heterocycles. The zero-order chi connectivity index (χ0) is 18.4. The molecule has 25 heavy (non-hydrogen) atoms. The molecule has 134 valence electrons. The fraction of sp³-hybridized carbons (Fsp3) is 0.294. The third kappa shape index (κ3) is 5.27. The Kier molecular flexibility index (Phi) is 6.11. The quantitative estimate of drug-likeness (QED) is 0.531. The van der Waals surface area contributed by atoms with Crippen molar-refractivity contribution in [2.24, 2.45) is 0 Å². The van der Waals surface area contributed by atoms with Gasteiger partial charge >= 0.3 is 0 Å². The molecule has 0 bridgehead atoms. The number of ether oxygens (including phenoxy) is 1. The Balaban J connectivity index is 1.92. The van der Waals surface area contributed by atoms with E-state index < -0.39 is 14.9 Å². The monoisotopic (exact) mass is 364 g/mol. The van der Waals surface area contributed by atoms with E-state index >= 15 is 0 Å². The number of non-ortho nitro benzene ring substituents is 1. The Morgan fingerprint density at radius 1 is 1.12 bits per heavy atom. The van der Waals surface area contributed by atoms with Gasteiger partial charge in [0.15, 0.2) is 0 Å². The van der Waals surface area contributed by atoms with Gasteiger partial charge in [0.05, 0.1) is 10.7 Å². The molecule has 2 rings (SSSR count). The van der Waals surface area contributed by atoms with Crippen molar-refractivity contribution in [3.8, 4) is 5.75 Å². The number of nitrogens with zero attached hydrogens (tertiary/aromatic N) is 2. The first-order valence-corrected chi connectivity index (χ1v) is 9.26. The van der Waals surface area contributed by atoms with Crippen LogP contribution in [0.1, 0.15) is 11.1 Å². The smallest absolute Gasteiger partial charge is 0.269 e. The van der Waals surface area contributed by atoms with E-state index in [0.717, 1.165) is 11.3 Å². The largest absolute Gasteiger partial charge is 0.492 e. The van der Waals surface area contributed by atoms with E-state index in [4.69, 9.17) is 4.74 Å². The van der Waals surface area contributed by atoms with Crippen molar-refractivity contribution >= 4 is 15.7 Å². The lowest BCUT2D eigenvalue weighted by molar-refractivity contribution is -0.384. The van der Waals surface area contributed by atoms with E-state index in [1.807, 2.05) is 31.2 Å². The highest BCUT2D eigenvalue weighted by Gasteiger charge is 2.19. The van der Waals surface area contributed by atoms with Crippen molar-refractivity contribution in [3.63, 3.8) is 0 Å². The highest BCUT2D eigenvalue weighted by atomic mass is 32.2. The van der Waals surface area contributed by atoms with Crippen LogP contribution >= 0.6 is 0 Å². The predicted octanol–water partition coefficient (Wildman–Crippen LogP) is 2.74. The number of sulfonamides is 1. The fourth-order valence-corrected chi connectivity index (χ4v) is 3.36. The highest BCUT2D eigenvalue weighted by molar-refractivity contribution is 7.88. The van der Waals surface area contributed by atoms with E-state index in [-0.39, 0.29) is 24.6 Å². The summed E-state index contributed by atoms with van der Waals surface area (Å²) in [5.41, 5.74) is 1.41. The van der Waals surface area contributed by atoms with Crippen LogP contribution in [0.4, 0.5) is 5.69 Å². The summed E-state index contributed by atoms with van der Waals surface area (Å²) < 4.78 is 31.6. The van der Waals surface area contributed by atoms with E-state index in [9.17, 15) is 18.5 Å². The molecule has 0 saturated carbocycles. The van der Waals surface area contributed by atoms with Crippen LogP contribution in [0.5, 0.6) is 5.75 Å². The number of hydrogen-bond donors (Lipinski definition) is 0. The summed E-state index contributed by atoms with van der Waals surface area (Å²) in [5, 5.41) is 10.6. The molecule has 0 N–H and O–H groups in total. The van der Waals surface area contributed by atoms with Gasteiger partial charge in [-0.3, -0.25) is 10.1 Å². The third-order valence-corrected chi connectivity index (χ3v) is 5.56. The van der Waals surface area contributed by atoms with Gasteiger partial charge in [-0.25, -0.2) is 12.7 Å². The van der Waals surface area contributed by atoms with Gasteiger partial charge in [0, 0.05) is 25.7 Å². The van der Waals surface area contributed by atoms with Crippen LogP contribution in [-0.4, -0.2) is 37.8 Å². The van der Waals surface area contributed by atoms with E-state index in [2.05, 4.69) is 0 Å². The molecule has 0 amide bonds. The molecule has 7 nitrogen and oxygen atoms in total. The number of benzene rings is 2. The summed E-state index contributed by atoms with van der Waals surface area (Å²) in [5.74, 6) is 0.509. The zero-order valence-electron chi connectivity index (χ0n) is 14.1. The Hall–Kier alpha value is -2.45. The highest BCUT2D eigenvalue weighted by Crippen LogP contribution is 2.17. The molecule has 0 fully saturated rings. The zero-order valence-corrected chi connectivity index (χ0v) is 14.9. The van der Waals surface area contributed by atoms with Crippen LogP contribution in [0.2, 0.25) is 0 Å². The maximum atomic E-state index is 12.4. The second-order valence-corrected chi connectivity index (χ2v) is 7.69. The molecule has 0 saturated heterocycles. The van der Waals surface area contributed by atoms with Gasteiger partial charge in [-0.2, -0.15) is 0 Å². The van der Waals surface area contributed by atoms with Gasteiger partial charge in [0.25, 0.3) is 5.69 Å². The summed E-state index contributed by atoms with van der Waals surface area (Å²) in [6.45, 7) is 2.37. The second-order valence-electron chi connectivity index (χ2n) is 5.62. The Bertz CT molecular complexity index is 834. The van der Waals surface area contributed by atoms with Gasteiger partial charge in [-0.15, -0.1) is 0 Å². The second kappa shape index (κ2) is 8.09. The summed E-state index contributed by atoms with van der Waals surface area (Å²) >= 11 is 0. The Morgan fingerprint density at radius 3 is 2.36 bits per heavy atom. The normalized spacial score (nSPS) is 11.5. The van der Waals surface area contributed by atoms with Crippen molar-refractivity contribution in [1.29, 1.82) is 0 Å². The van der Waals surface area contributed by atoms with Crippen LogP contribution in [0.15, 0.2) is 48.5 Å². The van der Waals surface area contributed by atoms with E-state index in [1.165, 1.54) is 35.6 Å². The van der Waals surface area contributed by atoms with Crippen molar-refractivity contribution in [2.45, 2.75) is 12.7 Å². The number of rotatable bonds is 8. The van der Waals surface area contributed by atoms with Crippen LogP contribution < -0.4 is 4.74 Å². The van der Waals surface area contributed by atoms with Crippen molar-refractivity contribution in [3.05, 3.63) is 69.8 Å². The van der Waals surface area contributed by atoms with Gasteiger partial charge in [-0.1, -0.05) is 30.3 Å². The molecule has 0 aliphatic heterocycles. The molecule has 0 unspecified atom stereocenters. The Labute approximate surface area is 147 Å². The summed E-state index contributed by atoms with van der Waals surface area (Å²) in [6, 6.07) is 13.0. The number of aryl methyl sites for hydroxylation is 1. The van der Waals surface area contributed by atoms with Gasteiger partial charge in [0.2, 0.25) is 10.0 Å². The van der Waals surface area contributed by atoms with Crippen molar-refractivity contribution in [2.75, 3.05) is 20.2 Å². The lowest BCUT2D eigenvalue weighted by Gasteiger charge is -2.18. The topological polar surface area (TPSA) is 89.8 Å². The number of likely N-dealkylation sites (N-methyl/N-ethyl adjacent to an activating group) is 1. The first kappa shape index (κ1) is 18.9. The lowest BCUT2D eigenvalue weighted by atomic mass is 10.2. The number of nitro groups is 1. The minimum absolute atomic E-state index is 0.0684. The Morgan fingerprint density at radius 2 is 1.76 bits per heavy atom. The molecule has 2 aromatic rings. The molecular weight excluding hydrogens is 344 g/mol. The summed E-state index contributed by atoms with van der Waals surface area (Å²) in [6.07, 6.45) is 0. The molecule has 2 aromatic carbocycles. The lowest BCUT2D eigenvalue weighted by Crippen LogP contribution is -2.32. The molecule has 0 atom stereocenters. The predicted molar refractivity (Wildman–Crippen MR) is 95.0 cm³/mol.